The van der Waals surface area contributed by atoms with Crippen molar-refractivity contribution >= 4 is 17.7 Å². The SMILES string of the molecule is CN1CCN(c2ccc(C(=O)O)cc2)C1=O. The zero-order valence-electron chi connectivity index (χ0n) is 8.88. The van der Waals surface area contributed by atoms with Crippen molar-refractivity contribution in [2.45, 2.75) is 0 Å². The second-order valence-electron chi connectivity index (χ2n) is 3.71. The van der Waals surface area contributed by atoms with Crippen LogP contribution < -0.4 is 4.90 Å². The summed E-state index contributed by atoms with van der Waals surface area (Å²) in [5.74, 6) is -0.962. The Morgan fingerprint density at radius 2 is 1.88 bits per heavy atom. The van der Waals surface area contributed by atoms with E-state index in [9.17, 15) is 9.59 Å². The molecule has 5 nitrogen and oxygen atoms in total. The molecule has 0 aromatic heterocycles. The normalized spacial score (nSPS) is 15.7. The maximum Gasteiger partial charge on any atom is 0.335 e. The van der Waals surface area contributed by atoms with Crippen LogP contribution in [0.4, 0.5) is 10.5 Å². The number of hydrogen-bond acceptors (Lipinski definition) is 2. The van der Waals surface area contributed by atoms with Crippen molar-refractivity contribution in [2.75, 3.05) is 25.0 Å². The smallest absolute Gasteiger partial charge is 0.335 e. The highest BCUT2D eigenvalue weighted by Crippen LogP contribution is 2.19. The van der Waals surface area contributed by atoms with Gasteiger partial charge in [-0.25, -0.2) is 9.59 Å². The highest BCUT2D eigenvalue weighted by molar-refractivity contribution is 5.95. The maximum atomic E-state index is 11.7. The fourth-order valence-electron chi connectivity index (χ4n) is 1.67. The monoisotopic (exact) mass is 220 g/mol. The first-order valence-electron chi connectivity index (χ1n) is 4.95. The van der Waals surface area contributed by atoms with E-state index in [-0.39, 0.29) is 11.6 Å². The zero-order chi connectivity index (χ0) is 11.7. The van der Waals surface area contributed by atoms with Crippen LogP contribution in [-0.2, 0) is 0 Å². The molecule has 84 valence electrons. The minimum atomic E-state index is -0.962. The van der Waals surface area contributed by atoms with E-state index in [1.807, 2.05) is 0 Å². The van der Waals surface area contributed by atoms with Crippen molar-refractivity contribution in [1.82, 2.24) is 4.90 Å². The van der Waals surface area contributed by atoms with E-state index in [0.29, 0.717) is 13.1 Å². The van der Waals surface area contributed by atoms with Gasteiger partial charge in [-0.05, 0) is 24.3 Å². The number of carbonyl (C=O) groups is 2. The number of amides is 2. The third kappa shape index (κ3) is 1.71. The van der Waals surface area contributed by atoms with Crippen LogP contribution in [0.1, 0.15) is 10.4 Å². The summed E-state index contributed by atoms with van der Waals surface area (Å²) >= 11 is 0. The van der Waals surface area contributed by atoms with Gasteiger partial charge in [-0.15, -0.1) is 0 Å². The van der Waals surface area contributed by atoms with E-state index in [1.165, 1.54) is 12.1 Å². The van der Waals surface area contributed by atoms with Gasteiger partial charge >= 0.3 is 12.0 Å². The third-order valence-corrected chi connectivity index (χ3v) is 2.64. The van der Waals surface area contributed by atoms with Gasteiger partial charge in [0, 0.05) is 25.8 Å². The van der Waals surface area contributed by atoms with Gasteiger partial charge < -0.3 is 10.0 Å². The number of carboxylic acid groups (broad SMARTS) is 1. The summed E-state index contributed by atoms with van der Waals surface area (Å²) in [6, 6.07) is 6.26. The second kappa shape index (κ2) is 3.84. The lowest BCUT2D eigenvalue weighted by molar-refractivity contribution is 0.0697. The average molecular weight is 220 g/mol. The van der Waals surface area contributed by atoms with Crippen molar-refractivity contribution in [3.8, 4) is 0 Å². The fourth-order valence-corrected chi connectivity index (χ4v) is 1.67. The molecule has 0 aliphatic carbocycles. The Morgan fingerprint density at radius 1 is 1.25 bits per heavy atom. The number of anilines is 1. The lowest BCUT2D eigenvalue weighted by Crippen LogP contribution is -2.29. The first kappa shape index (κ1) is 10.5. The number of aromatic carboxylic acids is 1. The molecular formula is C11H12N2O3. The van der Waals surface area contributed by atoms with Crippen molar-refractivity contribution in [3.63, 3.8) is 0 Å². The Labute approximate surface area is 92.9 Å². The minimum absolute atomic E-state index is 0.0527. The molecule has 0 saturated carbocycles. The molecular weight excluding hydrogens is 208 g/mol. The van der Waals surface area contributed by atoms with Crippen molar-refractivity contribution < 1.29 is 14.7 Å². The van der Waals surface area contributed by atoms with Crippen LogP contribution in [0.25, 0.3) is 0 Å². The summed E-state index contributed by atoms with van der Waals surface area (Å²) in [6.07, 6.45) is 0. The van der Waals surface area contributed by atoms with Crippen molar-refractivity contribution in [2.24, 2.45) is 0 Å². The highest BCUT2D eigenvalue weighted by atomic mass is 16.4. The number of urea groups is 1. The molecule has 0 unspecified atom stereocenters. The van der Waals surface area contributed by atoms with Crippen LogP contribution in [-0.4, -0.2) is 42.1 Å². The number of likely N-dealkylation sites (N-methyl/N-ethyl adjacent to an activating group) is 1. The van der Waals surface area contributed by atoms with Crippen LogP contribution in [0, 0.1) is 0 Å². The van der Waals surface area contributed by atoms with Crippen LogP contribution in [0.3, 0.4) is 0 Å². The van der Waals surface area contributed by atoms with Gasteiger partial charge in [0.25, 0.3) is 0 Å². The quantitative estimate of drug-likeness (QED) is 0.816. The predicted molar refractivity (Wildman–Crippen MR) is 58.8 cm³/mol. The summed E-state index contributed by atoms with van der Waals surface area (Å²) in [5.41, 5.74) is 0.961. The molecule has 1 heterocycles. The average Bonchev–Trinajstić information content (AvgIpc) is 2.60. The second-order valence-corrected chi connectivity index (χ2v) is 3.71. The molecule has 2 rings (SSSR count). The van der Waals surface area contributed by atoms with Crippen LogP contribution in [0.2, 0.25) is 0 Å². The molecule has 0 atom stereocenters. The van der Waals surface area contributed by atoms with Gasteiger partial charge in [-0.2, -0.15) is 0 Å². The largest absolute Gasteiger partial charge is 0.478 e. The topological polar surface area (TPSA) is 60.9 Å². The van der Waals surface area contributed by atoms with E-state index in [1.54, 1.807) is 29.0 Å². The number of nitrogens with zero attached hydrogens (tertiary/aromatic N) is 2. The molecule has 1 aliphatic heterocycles. The van der Waals surface area contributed by atoms with E-state index in [0.717, 1.165) is 5.69 Å². The number of carbonyl (C=O) groups excluding carboxylic acids is 1. The molecule has 16 heavy (non-hydrogen) atoms. The highest BCUT2D eigenvalue weighted by Gasteiger charge is 2.26. The molecule has 1 fully saturated rings. The van der Waals surface area contributed by atoms with Crippen molar-refractivity contribution in [3.05, 3.63) is 29.8 Å². The Morgan fingerprint density at radius 3 is 2.31 bits per heavy atom. The molecule has 2 amide bonds. The Bertz CT molecular complexity index is 427. The summed E-state index contributed by atoms with van der Waals surface area (Å²) in [4.78, 5) is 25.6. The van der Waals surface area contributed by atoms with E-state index < -0.39 is 5.97 Å². The third-order valence-electron chi connectivity index (χ3n) is 2.64. The lowest BCUT2D eigenvalue weighted by Gasteiger charge is -2.15. The summed E-state index contributed by atoms with van der Waals surface area (Å²) in [5, 5.41) is 8.75. The molecule has 1 aromatic rings. The standard InChI is InChI=1S/C11H12N2O3/c1-12-6-7-13(11(12)16)9-4-2-8(3-5-9)10(14)15/h2-5H,6-7H2,1H3,(H,14,15). The molecule has 0 radical (unpaired) electrons. The zero-order valence-corrected chi connectivity index (χ0v) is 8.88. The number of rotatable bonds is 2. The lowest BCUT2D eigenvalue weighted by atomic mass is 10.2. The maximum absolute atomic E-state index is 11.7. The molecule has 1 saturated heterocycles. The van der Waals surface area contributed by atoms with Crippen LogP contribution in [0.5, 0.6) is 0 Å². The van der Waals surface area contributed by atoms with E-state index in [4.69, 9.17) is 5.11 Å². The Balaban J connectivity index is 2.22. The number of benzene rings is 1. The predicted octanol–water partition coefficient (Wildman–Crippen LogP) is 1.26. The molecule has 5 heteroatoms. The first-order valence-corrected chi connectivity index (χ1v) is 4.95. The number of hydrogen-bond donors (Lipinski definition) is 1. The van der Waals surface area contributed by atoms with Gasteiger partial charge in [0.1, 0.15) is 0 Å². The van der Waals surface area contributed by atoms with Gasteiger partial charge in [0.2, 0.25) is 0 Å². The van der Waals surface area contributed by atoms with Gasteiger partial charge in [-0.1, -0.05) is 0 Å². The number of carboxylic acids is 1. The summed E-state index contributed by atoms with van der Waals surface area (Å²) < 4.78 is 0. The Kier molecular flexibility index (Phi) is 2.52. The molecule has 1 N–H and O–H groups in total. The molecule has 1 aromatic carbocycles. The van der Waals surface area contributed by atoms with Crippen LogP contribution in [0.15, 0.2) is 24.3 Å². The molecule has 1 aliphatic rings. The summed E-state index contributed by atoms with van der Waals surface area (Å²) in [6.45, 7) is 1.33. The van der Waals surface area contributed by atoms with Crippen LogP contribution >= 0.6 is 0 Å². The van der Waals surface area contributed by atoms with E-state index >= 15 is 0 Å². The first-order chi connectivity index (χ1) is 7.59. The summed E-state index contributed by atoms with van der Waals surface area (Å²) in [7, 11) is 1.74. The van der Waals surface area contributed by atoms with Gasteiger partial charge in [0.05, 0.1) is 5.56 Å². The Hall–Kier alpha value is -2.04. The van der Waals surface area contributed by atoms with Gasteiger partial charge in [0.15, 0.2) is 0 Å². The van der Waals surface area contributed by atoms with Gasteiger partial charge in [-0.3, -0.25) is 4.90 Å². The van der Waals surface area contributed by atoms with E-state index in [2.05, 4.69) is 0 Å². The molecule has 0 spiro atoms. The fraction of sp³-hybridized carbons (Fsp3) is 0.273. The molecule has 0 bridgehead atoms. The minimum Gasteiger partial charge on any atom is -0.478 e. The van der Waals surface area contributed by atoms with Crippen molar-refractivity contribution in [1.29, 1.82) is 0 Å².